The average Bonchev–Trinajstić information content (AvgIpc) is 3.13. The number of ether oxygens (including phenoxy) is 1. The Balaban J connectivity index is 2.05. The molecule has 0 spiro atoms. The van der Waals surface area contributed by atoms with E-state index in [-0.39, 0.29) is 0 Å². The van der Waals surface area contributed by atoms with Crippen LogP contribution in [0.5, 0.6) is 0 Å². The first kappa shape index (κ1) is 19.0. The summed E-state index contributed by atoms with van der Waals surface area (Å²) in [6.07, 6.45) is 15.1. The van der Waals surface area contributed by atoms with Gasteiger partial charge < -0.3 is 4.74 Å². The number of methoxy groups -OCH3 is 1. The van der Waals surface area contributed by atoms with E-state index in [9.17, 15) is 0 Å². The number of nitrogens with zero attached hydrogens (tertiary/aromatic N) is 1. The summed E-state index contributed by atoms with van der Waals surface area (Å²) in [6.45, 7) is 6.90. The third-order valence-electron chi connectivity index (χ3n) is 4.46. The number of rotatable bonds is 10. The maximum Gasteiger partial charge on any atom is 0.123 e. The number of allylic oxidation sites excluding steroid dienone is 1. The van der Waals surface area contributed by atoms with Gasteiger partial charge in [0.05, 0.1) is 7.11 Å². The lowest BCUT2D eigenvalue weighted by molar-refractivity contribution is 0.211. The fraction of sp³-hybridized carbons (Fsp3) is 0.524. The van der Waals surface area contributed by atoms with Crippen LogP contribution in [0.2, 0.25) is 0 Å². The molecule has 0 aliphatic heterocycles. The van der Waals surface area contributed by atoms with Crippen molar-refractivity contribution in [2.75, 3.05) is 20.2 Å². The SMILES string of the molecule is CCCCN(CCCC)C1C=C(OC)C(/C=C/c2cccs2)=CC1. The monoisotopic (exact) mass is 345 g/mol. The van der Waals surface area contributed by atoms with E-state index in [4.69, 9.17) is 4.74 Å². The van der Waals surface area contributed by atoms with Crippen LogP contribution in [0.25, 0.3) is 6.08 Å². The Bertz CT molecular complexity index is 548. The van der Waals surface area contributed by atoms with Crippen LogP contribution >= 0.6 is 11.3 Å². The molecule has 1 atom stereocenters. The van der Waals surface area contributed by atoms with E-state index in [1.165, 1.54) is 49.2 Å². The number of thiophene rings is 1. The highest BCUT2D eigenvalue weighted by atomic mass is 32.1. The van der Waals surface area contributed by atoms with Gasteiger partial charge in [0.25, 0.3) is 0 Å². The molecule has 1 aromatic rings. The van der Waals surface area contributed by atoms with Crippen LogP contribution in [0.15, 0.2) is 47.1 Å². The minimum Gasteiger partial charge on any atom is -0.496 e. The molecule has 0 amide bonds. The van der Waals surface area contributed by atoms with E-state index in [0.717, 1.165) is 12.2 Å². The summed E-state index contributed by atoms with van der Waals surface area (Å²) in [4.78, 5) is 3.91. The second-order valence-electron chi connectivity index (χ2n) is 6.29. The molecule has 0 radical (unpaired) electrons. The Labute approximate surface area is 151 Å². The first-order chi connectivity index (χ1) is 11.8. The lowest BCUT2D eigenvalue weighted by atomic mass is 9.98. The molecule has 1 aliphatic rings. The third-order valence-corrected chi connectivity index (χ3v) is 5.30. The summed E-state index contributed by atoms with van der Waals surface area (Å²) >= 11 is 1.76. The Hall–Kier alpha value is -1.32. The number of hydrogen-bond donors (Lipinski definition) is 0. The summed E-state index contributed by atoms with van der Waals surface area (Å²) in [6, 6.07) is 4.69. The normalized spacial score (nSPS) is 18.1. The Kier molecular flexibility index (Phi) is 8.34. The van der Waals surface area contributed by atoms with Gasteiger partial charge in [0.1, 0.15) is 5.76 Å². The molecule has 1 heterocycles. The highest BCUT2D eigenvalue weighted by Gasteiger charge is 2.20. The summed E-state index contributed by atoms with van der Waals surface area (Å²) in [7, 11) is 1.78. The molecule has 1 unspecified atom stereocenters. The van der Waals surface area contributed by atoms with Crippen molar-refractivity contribution in [3.05, 3.63) is 52.0 Å². The quantitative estimate of drug-likeness (QED) is 0.524. The van der Waals surface area contributed by atoms with Crippen molar-refractivity contribution in [2.24, 2.45) is 0 Å². The van der Waals surface area contributed by atoms with Crippen LogP contribution in [0.3, 0.4) is 0 Å². The Morgan fingerprint density at radius 3 is 2.54 bits per heavy atom. The van der Waals surface area contributed by atoms with Crippen LogP contribution in [-0.4, -0.2) is 31.1 Å². The molecular weight excluding hydrogens is 314 g/mol. The van der Waals surface area contributed by atoms with Gasteiger partial charge in [-0.15, -0.1) is 11.3 Å². The van der Waals surface area contributed by atoms with Crippen molar-refractivity contribution in [3.63, 3.8) is 0 Å². The second kappa shape index (κ2) is 10.5. The molecule has 2 rings (SSSR count). The van der Waals surface area contributed by atoms with Crippen molar-refractivity contribution in [3.8, 4) is 0 Å². The largest absolute Gasteiger partial charge is 0.496 e. The molecule has 0 saturated carbocycles. The lowest BCUT2D eigenvalue weighted by Gasteiger charge is -2.31. The van der Waals surface area contributed by atoms with E-state index in [0.29, 0.717) is 6.04 Å². The zero-order valence-electron chi connectivity index (χ0n) is 15.3. The van der Waals surface area contributed by atoms with Crippen LogP contribution in [0, 0.1) is 0 Å². The smallest absolute Gasteiger partial charge is 0.123 e. The standard InChI is InChI=1S/C21H31NOS/c1-4-6-14-22(15-7-5-2)19-12-10-18(21(17-19)23-3)11-13-20-9-8-16-24-20/h8-11,13,16-17,19H,4-7,12,14-15H2,1-3H3/b13-11+. The van der Waals surface area contributed by atoms with Gasteiger partial charge in [-0.05, 0) is 56.0 Å². The fourth-order valence-corrected chi connectivity index (χ4v) is 3.62. The zero-order chi connectivity index (χ0) is 17.2. The van der Waals surface area contributed by atoms with E-state index in [1.54, 1.807) is 18.4 Å². The first-order valence-corrected chi connectivity index (χ1v) is 10.1. The summed E-state index contributed by atoms with van der Waals surface area (Å²) in [5.74, 6) is 1.01. The van der Waals surface area contributed by atoms with Gasteiger partial charge in [0.2, 0.25) is 0 Å². The first-order valence-electron chi connectivity index (χ1n) is 9.20. The molecule has 1 aliphatic carbocycles. The minimum atomic E-state index is 0.469. The average molecular weight is 346 g/mol. The molecule has 2 nitrogen and oxygen atoms in total. The van der Waals surface area contributed by atoms with Gasteiger partial charge >= 0.3 is 0 Å². The van der Waals surface area contributed by atoms with Gasteiger partial charge in [-0.25, -0.2) is 0 Å². The van der Waals surface area contributed by atoms with Crippen LogP contribution in [0.1, 0.15) is 50.8 Å². The van der Waals surface area contributed by atoms with E-state index in [2.05, 4.69) is 60.6 Å². The summed E-state index contributed by atoms with van der Waals surface area (Å²) in [5.41, 5.74) is 1.20. The van der Waals surface area contributed by atoms with E-state index < -0.39 is 0 Å². The highest BCUT2D eigenvalue weighted by molar-refractivity contribution is 7.10. The molecule has 24 heavy (non-hydrogen) atoms. The summed E-state index contributed by atoms with van der Waals surface area (Å²) < 4.78 is 5.68. The molecule has 0 bridgehead atoms. The van der Waals surface area contributed by atoms with Crippen LogP contribution in [-0.2, 0) is 4.74 Å². The highest BCUT2D eigenvalue weighted by Crippen LogP contribution is 2.25. The van der Waals surface area contributed by atoms with Crippen molar-refractivity contribution in [1.82, 2.24) is 4.90 Å². The Morgan fingerprint density at radius 1 is 1.21 bits per heavy atom. The van der Waals surface area contributed by atoms with Crippen LogP contribution < -0.4 is 0 Å². The van der Waals surface area contributed by atoms with E-state index in [1.807, 2.05) is 0 Å². The topological polar surface area (TPSA) is 12.5 Å². The zero-order valence-corrected chi connectivity index (χ0v) is 16.1. The van der Waals surface area contributed by atoms with Gasteiger partial charge in [0, 0.05) is 16.5 Å². The second-order valence-corrected chi connectivity index (χ2v) is 7.27. The molecule has 0 N–H and O–H groups in total. The van der Waals surface area contributed by atoms with Gasteiger partial charge in [-0.3, -0.25) is 4.90 Å². The van der Waals surface area contributed by atoms with Gasteiger partial charge in [-0.1, -0.05) is 44.9 Å². The van der Waals surface area contributed by atoms with Crippen molar-refractivity contribution < 1.29 is 4.74 Å². The van der Waals surface area contributed by atoms with Crippen molar-refractivity contribution >= 4 is 17.4 Å². The molecule has 3 heteroatoms. The van der Waals surface area contributed by atoms with Gasteiger partial charge in [0.15, 0.2) is 0 Å². The van der Waals surface area contributed by atoms with Gasteiger partial charge in [-0.2, -0.15) is 0 Å². The van der Waals surface area contributed by atoms with E-state index >= 15 is 0 Å². The molecule has 132 valence electrons. The molecule has 1 aromatic heterocycles. The number of hydrogen-bond acceptors (Lipinski definition) is 3. The van der Waals surface area contributed by atoms with Crippen molar-refractivity contribution in [1.29, 1.82) is 0 Å². The maximum absolute atomic E-state index is 5.68. The fourth-order valence-electron chi connectivity index (χ4n) is 3.00. The molecule has 0 saturated heterocycles. The third kappa shape index (κ3) is 5.64. The molecular formula is C21H31NOS. The molecule has 0 aromatic carbocycles. The van der Waals surface area contributed by atoms with Crippen LogP contribution in [0.4, 0.5) is 0 Å². The lowest BCUT2D eigenvalue weighted by Crippen LogP contribution is -2.36. The predicted molar refractivity (Wildman–Crippen MR) is 106 cm³/mol. The summed E-state index contributed by atoms with van der Waals surface area (Å²) in [5, 5.41) is 2.11. The number of unbranched alkanes of at least 4 members (excludes halogenated alkanes) is 2. The Morgan fingerprint density at radius 2 is 1.96 bits per heavy atom. The predicted octanol–water partition coefficient (Wildman–Crippen LogP) is 5.89. The maximum atomic E-state index is 5.68. The van der Waals surface area contributed by atoms with Crippen molar-refractivity contribution in [2.45, 2.75) is 52.0 Å². The minimum absolute atomic E-state index is 0.469. The molecule has 0 fully saturated rings.